The summed E-state index contributed by atoms with van der Waals surface area (Å²) in [4.78, 5) is 25.5. The molecule has 1 aliphatic heterocycles. The number of esters is 1. The number of carbonyl (C=O) groups excluding carboxylic acids is 2. The van der Waals surface area contributed by atoms with Crippen molar-refractivity contribution in [2.75, 3.05) is 20.7 Å². The van der Waals surface area contributed by atoms with Gasteiger partial charge in [-0.25, -0.2) is 0 Å². The summed E-state index contributed by atoms with van der Waals surface area (Å²) in [5, 5.41) is 0. The molecule has 1 unspecified atom stereocenters. The molecule has 0 aromatic heterocycles. The van der Waals surface area contributed by atoms with E-state index in [9.17, 15) is 9.59 Å². The van der Waals surface area contributed by atoms with E-state index in [4.69, 9.17) is 4.74 Å². The Hall–Kier alpha value is -2.10. The van der Waals surface area contributed by atoms with E-state index in [-0.39, 0.29) is 17.7 Å². The molecule has 100 valence electrons. The molecule has 0 bridgehead atoms. The second-order valence-electron chi connectivity index (χ2n) is 4.67. The Kier molecular flexibility index (Phi) is 4.00. The van der Waals surface area contributed by atoms with Crippen LogP contribution < -0.4 is 0 Å². The number of rotatable bonds is 3. The number of carbonyl (C=O) groups is 2. The lowest BCUT2D eigenvalue weighted by Crippen LogP contribution is -2.20. The van der Waals surface area contributed by atoms with Gasteiger partial charge in [0.15, 0.2) is 5.78 Å². The highest BCUT2D eigenvalue weighted by molar-refractivity contribution is 6.04. The van der Waals surface area contributed by atoms with Crippen LogP contribution in [-0.4, -0.2) is 37.4 Å². The Morgan fingerprint density at radius 2 is 2.00 bits per heavy atom. The number of ether oxygens (including phenoxy) is 1. The van der Waals surface area contributed by atoms with Crippen LogP contribution in [0.25, 0.3) is 0 Å². The summed E-state index contributed by atoms with van der Waals surface area (Å²) in [5.74, 6) is -0.430. The molecule has 0 saturated carbocycles. The number of methoxy groups -OCH3 is 1. The monoisotopic (exact) mass is 259 g/mol. The third-order valence-electron chi connectivity index (χ3n) is 3.33. The molecule has 1 atom stereocenters. The second kappa shape index (κ2) is 5.69. The topological polar surface area (TPSA) is 46.6 Å². The average Bonchev–Trinajstić information content (AvgIpc) is 2.80. The van der Waals surface area contributed by atoms with E-state index in [2.05, 4.69) is 0 Å². The summed E-state index contributed by atoms with van der Waals surface area (Å²) in [7, 11) is 3.27. The number of benzene rings is 1. The van der Waals surface area contributed by atoms with Crippen LogP contribution in [0.15, 0.2) is 42.1 Å². The second-order valence-corrected chi connectivity index (χ2v) is 4.67. The lowest BCUT2D eigenvalue weighted by Gasteiger charge is -2.12. The molecule has 0 spiro atoms. The van der Waals surface area contributed by atoms with Crippen LogP contribution in [0.5, 0.6) is 0 Å². The highest BCUT2D eigenvalue weighted by atomic mass is 16.5. The maximum absolute atomic E-state index is 12.1. The molecule has 1 aromatic rings. The predicted octanol–water partition coefficient (Wildman–Crippen LogP) is 1.88. The van der Waals surface area contributed by atoms with E-state index >= 15 is 0 Å². The van der Waals surface area contributed by atoms with E-state index in [0.717, 1.165) is 5.70 Å². The number of nitrogens with zero attached hydrogens (tertiary/aromatic N) is 1. The lowest BCUT2D eigenvalue weighted by atomic mass is 10.1. The largest absolute Gasteiger partial charge is 0.469 e. The minimum Gasteiger partial charge on any atom is -0.469 e. The first-order valence-corrected chi connectivity index (χ1v) is 6.20. The van der Waals surface area contributed by atoms with Crippen LogP contribution >= 0.6 is 0 Å². The van der Waals surface area contributed by atoms with Crippen molar-refractivity contribution >= 4 is 11.8 Å². The predicted molar refractivity (Wildman–Crippen MR) is 71.6 cm³/mol. The molecule has 0 radical (unpaired) electrons. The van der Waals surface area contributed by atoms with Gasteiger partial charge in [-0.15, -0.1) is 0 Å². The molecule has 1 fully saturated rings. The third kappa shape index (κ3) is 3.02. The summed E-state index contributed by atoms with van der Waals surface area (Å²) >= 11 is 0. The van der Waals surface area contributed by atoms with Crippen LogP contribution in [0.3, 0.4) is 0 Å². The molecule has 4 nitrogen and oxygen atoms in total. The molecular weight excluding hydrogens is 242 g/mol. The number of allylic oxidation sites excluding steroid dienone is 2. The fraction of sp³-hybridized carbons (Fsp3) is 0.333. The van der Waals surface area contributed by atoms with Gasteiger partial charge in [0.2, 0.25) is 0 Å². The van der Waals surface area contributed by atoms with Crippen molar-refractivity contribution in [1.82, 2.24) is 4.90 Å². The van der Waals surface area contributed by atoms with Gasteiger partial charge in [-0.1, -0.05) is 30.3 Å². The van der Waals surface area contributed by atoms with E-state index < -0.39 is 0 Å². The highest BCUT2D eigenvalue weighted by Gasteiger charge is 2.30. The van der Waals surface area contributed by atoms with Crippen molar-refractivity contribution in [2.24, 2.45) is 5.92 Å². The number of likely N-dealkylation sites (tertiary alicyclic amines) is 1. The zero-order valence-electron chi connectivity index (χ0n) is 11.1. The standard InChI is InChI=1S/C15H17NO3/c1-16-10-12(15(18)19-2)8-13(16)9-14(17)11-6-4-3-5-7-11/h3-7,9,12H,8,10H2,1-2H3/b13-9-. The minimum absolute atomic E-state index is 0.0343. The van der Waals surface area contributed by atoms with Crippen LogP contribution in [-0.2, 0) is 9.53 Å². The lowest BCUT2D eigenvalue weighted by molar-refractivity contribution is -0.144. The average molecular weight is 259 g/mol. The van der Waals surface area contributed by atoms with Gasteiger partial charge in [0, 0.05) is 37.3 Å². The van der Waals surface area contributed by atoms with Crippen molar-refractivity contribution in [3.05, 3.63) is 47.7 Å². The molecule has 2 rings (SSSR count). The van der Waals surface area contributed by atoms with Gasteiger partial charge in [0.25, 0.3) is 0 Å². The molecule has 1 saturated heterocycles. The molecule has 1 heterocycles. The Morgan fingerprint density at radius 1 is 1.32 bits per heavy atom. The van der Waals surface area contributed by atoms with Crippen molar-refractivity contribution < 1.29 is 14.3 Å². The van der Waals surface area contributed by atoms with Gasteiger partial charge in [-0.2, -0.15) is 0 Å². The zero-order chi connectivity index (χ0) is 13.8. The normalized spacial score (nSPS) is 20.6. The van der Waals surface area contributed by atoms with Gasteiger partial charge in [0.1, 0.15) is 0 Å². The van der Waals surface area contributed by atoms with Crippen molar-refractivity contribution in [3.8, 4) is 0 Å². The van der Waals surface area contributed by atoms with Gasteiger partial charge < -0.3 is 9.64 Å². The molecule has 19 heavy (non-hydrogen) atoms. The maximum atomic E-state index is 12.1. The summed E-state index contributed by atoms with van der Waals surface area (Å²) in [6.07, 6.45) is 2.17. The van der Waals surface area contributed by atoms with Gasteiger partial charge >= 0.3 is 5.97 Å². The number of ketones is 1. The maximum Gasteiger partial charge on any atom is 0.310 e. The van der Waals surface area contributed by atoms with Crippen LogP contribution in [0.2, 0.25) is 0 Å². The molecule has 1 aromatic carbocycles. The van der Waals surface area contributed by atoms with Gasteiger partial charge in [0.05, 0.1) is 13.0 Å². The van der Waals surface area contributed by atoms with Gasteiger partial charge in [-0.05, 0) is 0 Å². The first-order chi connectivity index (χ1) is 9.11. The van der Waals surface area contributed by atoms with E-state index in [0.29, 0.717) is 18.5 Å². The van der Waals surface area contributed by atoms with Crippen molar-refractivity contribution in [1.29, 1.82) is 0 Å². The first-order valence-electron chi connectivity index (χ1n) is 6.20. The minimum atomic E-state index is -0.220. The fourth-order valence-corrected chi connectivity index (χ4v) is 2.25. The molecule has 4 heteroatoms. The zero-order valence-corrected chi connectivity index (χ0v) is 11.1. The Balaban J connectivity index is 2.12. The Morgan fingerprint density at radius 3 is 2.63 bits per heavy atom. The summed E-state index contributed by atoms with van der Waals surface area (Å²) < 4.78 is 4.74. The first kappa shape index (κ1) is 13.3. The van der Waals surface area contributed by atoms with E-state index in [1.165, 1.54) is 7.11 Å². The Labute approximate surface area is 112 Å². The van der Waals surface area contributed by atoms with E-state index in [1.807, 2.05) is 30.1 Å². The fourth-order valence-electron chi connectivity index (χ4n) is 2.25. The molecular formula is C15H17NO3. The van der Waals surface area contributed by atoms with Crippen molar-refractivity contribution in [3.63, 3.8) is 0 Å². The van der Waals surface area contributed by atoms with Crippen LogP contribution in [0, 0.1) is 5.92 Å². The molecule has 0 N–H and O–H groups in total. The van der Waals surface area contributed by atoms with Crippen molar-refractivity contribution in [2.45, 2.75) is 6.42 Å². The van der Waals surface area contributed by atoms with Crippen LogP contribution in [0.1, 0.15) is 16.8 Å². The Bertz CT molecular complexity index is 507. The highest BCUT2D eigenvalue weighted by Crippen LogP contribution is 2.26. The molecule has 0 aliphatic carbocycles. The quantitative estimate of drug-likeness (QED) is 0.472. The molecule has 0 amide bonds. The van der Waals surface area contributed by atoms with Crippen LogP contribution in [0.4, 0.5) is 0 Å². The van der Waals surface area contributed by atoms with Gasteiger partial charge in [-0.3, -0.25) is 9.59 Å². The number of hydrogen-bond donors (Lipinski definition) is 0. The van der Waals surface area contributed by atoms with E-state index in [1.54, 1.807) is 18.2 Å². The SMILES string of the molecule is COC(=O)C1C/C(=C/C(=O)c2ccccc2)N(C)C1. The third-order valence-corrected chi connectivity index (χ3v) is 3.33. The summed E-state index contributed by atoms with van der Waals surface area (Å²) in [5.41, 5.74) is 1.54. The summed E-state index contributed by atoms with van der Waals surface area (Å²) in [6, 6.07) is 9.11. The summed E-state index contributed by atoms with van der Waals surface area (Å²) in [6.45, 7) is 0.598. The molecule has 1 aliphatic rings. The smallest absolute Gasteiger partial charge is 0.310 e. The number of hydrogen-bond acceptors (Lipinski definition) is 4.